The van der Waals surface area contributed by atoms with Gasteiger partial charge in [0.2, 0.25) is 5.91 Å². The number of primary amides is 1. The summed E-state index contributed by atoms with van der Waals surface area (Å²) < 4.78 is 0. The van der Waals surface area contributed by atoms with Crippen LogP contribution in [0.3, 0.4) is 0 Å². The van der Waals surface area contributed by atoms with Gasteiger partial charge in [-0.25, -0.2) is 0 Å². The van der Waals surface area contributed by atoms with E-state index in [1.54, 1.807) is 0 Å². The zero-order valence-corrected chi connectivity index (χ0v) is 11.9. The monoisotopic (exact) mass is 268 g/mol. The van der Waals surface area contributed by atoms with Crippen molar-refractivity contribution in [3.05, 3.63) is 0 Å². The van der Waals surface area contributed by atoms with E-state index in [1.807, 2.05) is 0 Å². The molecule has 1 heterocycles. The number of aliphatic hydroxyl groups is 1. The molecule has 1 saturated heterocycles. The summed E-state index contributed by atoms with van der Waals surface area (Å²) in [6, 6.07) is 0. The van der Waals surface area contributed by atoms with E-state index < -0.39 is 0 Å². The minimum atomic E-state index is -0.199. The molecule has 0 radical (unpaired) electrons. The molecule has 0 spiro atoms. The first-order chi connectivity index (χ1) is 9.13. The minimum Gasteiger partial charge on any atom is -0.392 e. The van der Waals surface area contributed by atoms with Crippen LogP contribution >= 0.6 is 0 Å². The fraction of sp³-hybridized carbons (Fsp3) is 0.933. The maximum atomic E-state index is 11.0. The molecule has 110 valence electrons. The first kappa shape index (κ1) is 14.8. The molecule has 4 heteroatoms. The van der Waals surface area contributed by atoms with Crippen LogP contribution in [0.25, 0.3) is 0 Å². The van der Waals surface area contributed by atoms with Crippen LogP contribution in [-0.4, -0.2) is 41.7 Å². The smallest absolute Gasteiger partial charge is 0.217 e. The zero-order chi connectivity index (χ0) is 13.7. The molecular formula is C15H28N2O2. The summed E-state index contributed by atoms with van der Waals surface area (Å²) >= 11 is 0. The van der Waals surface area contributed by atoms with Crippen molar-refractivity contribution in [3.8, 4) is 0 Å². The average Bonchev–Trinajstić information content (AvgIpc) is 2.81. The number of piperidine rings is 1. The standard InChI is InChI=1S/C15H28N2O2/c16-15(19)9-13-6-3-7-17(10-13)11-14(18)8-12-4-1-2-5-12/h12-14,18H,1-11H2,(H2,16,19)/t13-,14+/m1/s1. The van der Waals surface area contributed by atoms with E-state index in [4.69, 9.17) is 5.73 Å². The van der Waals surface area contributed by atoms with E-state index in [2.05, 4.69) is 4.90 Å². The number of nitrogens with two attached hydrogens (primary N) is 1. The molecule has 1 aliphatic heterocycles. The Labute approximate surface area is 116 Å². The number of carbonyl (C=O) groups excluding carboxylic acids is 1. The maximum Gasteiger partial charge on any atom is 0.217 e. The van der Waals surface area contributed by atoms with Crippen LogP contribution in [0.15, 0.2) is 0 Å². The van der Waals surface area contributed by atoms with Gasteiger partial charge in [0.05, 0.1) is 6.10 Å². The quantitative estimate of drug-likeness (QED) is 0.767. The second kappa shape index (κ2) is 7.25. The predicted octanol–water partition coefficient (Wildman–Crippen LogP) is 1.51. The Bertz CT molecular complexity index is 290. The largest absolute Gasteiger partial charge is 0.392 e. The molecule has 2 fully saturated rings. The number of hydrogen-bond donors (Lipinski definition) is 2. The number of aliphatic hydroxyl groups excluding tert-OH is 1. The highest BCUT2D eigenvalue weighted by molar-refractivity contribution is 5.74. The second-order valence-corrected chi connectivity index (χ2v) is 6.48. The number of nitrogens with zero attached hydrogens (tertiary/aromatic N) is 1. The summed E-state index contributed by atoms with van der Waals surface area (Å²) in [6.07, 6.45) is 8.72. The van der Waals surface area contributed by atoms with Crippen LogP contribution in [0, 0.1) is 11.8 Å². The summed E-state index contributed by atoms with van der Waals surface area (Å²) in [5.41, 5.74) is 5.27. The molecule has 0 aromatic carbocycles. The minimum absolute atomic E-state index is 0.196. The molecule has 1 aliphatic carbocycles. The number of rotatable bonds is 6. The Kier molecular flexibility index (Phi) is 5.64. The lowest BCUT2D eigenvalue weighted by atomic mass is 9.93. The van der Waals surface area contributed by atoms with E-state index in [0.717, 1.165) is 44.8 Å². The van der Waals surface area contributed by atoms with Gasteiger partial charge in [-0.05, 0) is 37.6 Å². The molecule has 2 aliphatic rings. The van der Waals surface area contributed by atoms with Crippen molar-refractivity contribution in [3.63, 3.8) is 0 Å². The molecule has 3 N–H and O–H groups in total. The van der Waals surface area contributed by atoms with Crippen LogP contribution in [0.4, 0.5) is 0 Å². The zero-order valence-electron chi connectivity index (χ0n) is 11.9. The van der Waals surface area contributed by atoms with Gasteiger partial charge in [0.1, 0.15) is 0 Å². The summed E-state index contributed by atoms with van der Waals surface area (Å²) in [5.74, 6) is 0.935. The molecule has 1 amide bonds. The molecule has 0 aromatic rings. The molecule has 2 rings (SSSR count). The highest BCUT2D eigenvalue weighted by Gasteiger charge is 2.25. The van der Waals surface area contributed by atoms with Crippen LogP contribution in [0.5, 0.6) is 0 Å². The Morgan fingerprint density at radius 1 is 1.21 bits per heavy atom. The van der Waals surface area contributed by atoms with Crippen molar-refractivity contribution in [1.82, 2.24) is 4.90 Å². The first-order valence-corrected chi connectivity index (χ1v) is 7.82. The molecule has 1 saturated carbocycles. The predicted molar refractivity (Wildman–Crippen MR) is 75.6 cm³/mol. The van der Waals surface area contributed by atoms with E-state index in [-0.39, 0.29) is 12.0 Å². The fourth-order valence-electron chi connectivity index (χ4n) is 3.77. The molecule has 0 bridgehead atoms. The van der Waals surface area contributed by atoms with E-state index in [9.17, 15) is 9.90 Å². The van der Waals surface area contributed by atoms with Gasteiger partial charge in [0.15, 0.2) is 0 Å². The number of likely N-dealkylation sites (tertiary alicyclic amines) is 1. The van der Waals surface area contributed by atoms with Gasteiger partial charge in [-0.15, -0.1) is 0 Å². The molecule has 0 aromatic heterocycles. The van der Waals surface area contributed by atoms with Gasteiger partial charge in [0, 0.05) is 19.5 Å². The lowest BCUT2D eigenvalue weighted by Gasteiger charge is -2.33. The topological polar surface area (TPSA) is 66.6 Å². The number of carbonyl (C=O) groups is 1. The lowest BCUT2D eigenvalue weighted by molar-refractivity contribution is -0.119. The first-order valence-electron chi connectivity index (χ1n) is 7.82. The summed E-state index contributed by atoms with van der Waals surface area (Å²) in [6.45, 7) is 2.74. The van der Waals surface area contributed by atoms with Crippen molar-refractivity contribution >= 4 is 5.91 Å². The van der Waals surface area contributed by atoms with Crippen LogP contribution in [0.1, 0.15) is 51.4 Å². The highest BCUT2D eigenvalue weighted by atomic mass is 16.3. The maximum absolute atomic E-state index is 11.0. The van der Waals surface area contributed by atoms with Crippen LogP contribution in [-0.2, 0) is 4.79 Å². The van der Waals surface area contributed by atoms with Crippen molar-refractivity contribution in [2.24, 2.45) is 17.6 Å². The highest BCUT2D eigenvalue weighted by Crippen LogP contribution is 2.29. The van der Waals surface area contributed by atoms with Gasteiger partial charge >= 0.3 is 0 Å². The van der Waals surface area contributed by atoms with E-state index in [1.165, 1.54) is 25.7 Å². The van der Waals surface area contributed by atoms with Gasteiger partial charge in [-0.2, -0.15) is 0 Å². The summed E-state index contributed by atoms with van der Waals surface area (Å²) in [7, 11) is 0. The molecule has 0 unspecified atom stereocenters. The summed E-state index contributed by atoms with van der Waals surface area (Å²) in [5, 5.41) is 10.2. The van der Waals surface area contributed by atoms with Crippen molar-refractivity contribution in [2.45, 2.75) is 57.5 Å². The molecule has 19 heavy (non-hydrogen) atoms. The summed E-state index contributed by atoms with van der Waals surface area (Å²) in [4.78, 5) is 13.3. The Morgan fingerprint density at radius 3 is 2.58 bits per heavy atom. The van der Waals surface area contributed by atoms with Crippen molar-refractivity contribution in [2.75, 3.05) is 19.6 Å². The normalized spacial score (nSPS) is 27.5. The second-order valence-electron chi connectivity index (χ2n) is 6.48. The third-order valence-electron chi connectivity index (χ3n) is 4.64. The molecular weight excluding hydrogens is 240 g/mol. The molecule has 4 nitrogen and oxygen atoms in total. The van der Waals surface area contributed by atoms with Crippen molar-refractivity contribution in [1.29, 1.82) is 0 Å². The Balaban J connectivity index is 1.70. The van der Waals surface area contributed by atoms with Gasteiger partial charge < -0.3 is 15.7 Å². The van der Waals surface area contributed by atoms with Gasteiger partial charge in [-0.1, -0.05) is 25.7 Å². The third-order valence-corrected chi connectivity index (χ3v) is 4.64. The van der Waals surface area contributed by atoms with Gasteiger partial charge in [0.25, 0.3) is 0 Å². The van der Waals surface area contributed by atoms with Crippen LogP contribution in [0.2, 0.25) is 0 Å². The number of β-amino-alcohol motifs (C(OH)–C–C–N with tert-alkyl or cyclic N) is 1. The third kappa shape index (κ3) is 5.11. The molecule has 2 atom stereocenters. The average molecular weight is 268 g/mol. The van der Waals surface area contributed by atoms with E-state index >= 15 is 0 Å². The Morgan fingerprint density at radius 2 is 1.89 bits per heavy atom. The lowest BCUT2D eigenvalue weighted by Crippen LogP contribution is -2.41. The van der Waals surface area contributed by atoms with Crippen molar-refractivity contribution < 1.29 is 9.90 Å². The Hall–Kier alpha value is -0.610. The number of hydrogen-bond acceptors (Lipinski definition) is 3. The SMILES string of the molecule is NC(=O)C[C@H]1CCCN(C[C@@H](O)CC2CCCC2)C1. The van der Waals surface area contributed by atoms with Gasteiger partial charge in [-0.3, -0.25) is 4.79 Å². The van der Waals surface area contributed by atoms with Crippen LogP contribution < -0.4 is 5.73 Å². The fourth-order valence-corrected chi connectivity index (χ4v) is 3.77. The van der Waals surface area contributed by atoms with E-state index in [0.29, 0.717) is 12.3 Å². The number of amides is 1.